The van der Waals surface area contributed by atoms with Crippen molar-refractivity contribution in [3.63, 3.8) is 0 Å². The van der Waals surface area contributed by atoms with Crippen molar-refractivity contribution in [1.82, 2.24) is 4.90 Å². The standard InChI is InChI=1S/C25H24N2O4S/c1-16-21(25(30)27-12-10-23-19(14-27)11-13-32-23)4-3-5-22(16)26-24(29)15-31-20-8-6-18(7-9-20)17(2)28/h3-9,11,13H,10,12,14-15H2,1-2H3,(H,26,29). The van der Waals surface area contributed by atoms with E-state index in [1.807, 2.05) is 11.8 Å². The van der Waals surface area contributed by atoms with Crippen LogP contribution in [0.3, 0.4) is 0 Å². The van der Waals surface area contributed by atoms with E-state index in [9.17, 15) is 14.4 Å². The Bertz CT molecular complexity index is 1170. The lowest BCUT2D eigenvalue weighted by molar-refractivity contribution is -0.118. The molecule has 2 amide bonds. The highest BCUT2D eigenvalue weighted by atomic mass is 32.1. The van der Waals surface area contributed by atoms with Crippen molar-refractivity contribution < 1.29 is 19.1 Å². The molecule has 1 aromatic heterocycles. The van der Waals surface area contributed by atoms with Gasteiger partial charge < -0.3 is 15.0 Å². The van der Waals surface area contributed by atoms with Crippen LogP contribution in [0.4, 0.5) is 5.69 Å². The Kier molecular flexibility index (Phi) is 6.37. The van der Waals surface area contributed by atoms with E-state index < -0.39 is 0 Å². The van der Waals surface area contributed by atoms with E-state index >= 15 is 0 Å². The van der Waals surface area contributed by atoms with E-state index in [0.29, 0.717) is 35.7 Å². The molecule has 1 N–H and O–H groups in total. The lowest BCUT2D eigenvalue weighted by atomic mass is 10.0. The van der Waals surface area contributed by atoms with Crippen molar-refractivity contribution in [2.24, 2.45) is 0 Å². The van der Waals surface area contributed by atoms with E-state index in [1.54, 1.807) is 53.8 Å². The number of anilines is 1. The highest BCUT2D eigenvalue weighted by Crippen LogP contribution is 2.27. The highest BCUT2D eigenvalue weighted by molar-refractivity contribution is 7.10. The molecule has 2 aromatic carbocycles. The van der Waals surface area contributed by atoms with Gasteiger partial charge in [-0.25, -0.2) is 0 Å². The monoisotopic (exact) mass is 448 g/mol. The van der Waals surface area contributed by atoms with Crippen molar-refractivity contribution in [2.45, 2.75) is 26.8 Å². The third kappa shape index (κ3) is 4.73. The number of carbonyl (C=O) groups excluding carboxylic acids is 3. The molecule has 0 saturated carbocycles. The highest BCUT2D eigenvalue weighted by Gasteiger charge is 2.24. The third-order valence-corrected chi connectivity index (χ3v) is 6.59. The van der Waals surface area contributed by atoms with Crippen molar-refractivity contribution >= 4 is 34.6 Å². The van der Waals surface area contributed by atoms with E-state index in [2.05, 4.69) is 16.8 Å². The van der Waals surface area contributed by atoms with Crippen LogP contribution in [0.25, 0.3) is 0 Å². The number of rotatable bonds is 6. The van der Waals surface area contributed by atoms with Gasteiger partial charge in [-0.3, -0.25) is 14.4 Å². The topological polar surface area (TPSA) is 75.7 Å². The summed E-state index contributed by atoms with van der Waals surface area (Å²) in [5.74, 6) is 0.120. The summed E-state index contributed by atoms with van der Waals surface area (Å²) in [6, 6.07) is 14.1. The first kappa shape index (κ1) is 21.8. The van der Waals surface area contributed by atoms with Crippen LogP contribution in [-0.4, -0.2) is 35.6 Å². The van der Waals surface area contributed by atoms with Crippen LogP contribution in [0.5, 0.6) is 5.75 Å². The molecule has 7 heteroatoms. The minimum atomic E-state index is -0.325. The van der Waals surface area contributed by atoms with Crippen LogP contribution in [0.15, 0.2) is 53.9 Å². The number of thiophene rings is 1. The van der Waals surface area contributed by atoms with E-state index in [-0.39, 0.29) is 24.2 Å². The fourth-order valence-electron chi connectivity index (χ4n) is 3.72. The number of ether oxygens (including phenoxy) is 1. The maximum atomic E-state index is 13.1. The molecule has 0 atom stereocenters. The van der Waals surface area contributed by atoms with Crippen molar-refractivity contribution in [1.29, 1.82) is 0 Å². The van der Waals surface area contributed by atoms with Crippen LogP contribution in [0, 0.1) is 6.92 Å². The largest absolute Gasteiger partial charge is 0.484 e. The van der Waals surface area contributed by atoms with Crippen LogP contribution in [0.2, 0.25) is 0 Å². The minimum absolute atomic E-state index is 0.0282. The predicted octanol–water partition coefficient (Wildman–Crippen LogP) is 4.48. The van der Waals surface area contributed by atoms with E-state index in [4.69, 9.17) is 4.74 Å². The SMILES string of the molecule is CC(=O)c1ccc(OCC(=O)Nc2cccc(C(=O)N3CCc4sccc4C3)c2C)cc1. The zero-order valence-electron chi connectivity index (χ0n) is 18.0. The summed E-state index contributed by atoms with van der Waals surface area (Å²) in [4.78, 5) is 40.1. The van der Waals surface area contributed by atoms with Crippen molar-refractivity contribution in [3.05, 3.63) is 81.0 Å². The summed E-state index contributed by atoms with van der Waals surface area (Å²) in [6.07, 6.45) is 0.874. The summed E-state index contributed by atoms with van der Waals surface area (Å²) >= 11 is 1.74. The second-order valence-corrected chi connectivity index (χ2v) is 8.74. The molecule has 0 bridgehead atoms. The first-order valence-corrected chi connectivity index (χ1v) is 11.3. The lowest BCUT2D eigenvalue weighted by Crippen LogP contribution is -2.35. The number of nitrogens with one attached hydrogen (secondary N) is 1. The Morgan fingerprint density at radius 2 is 1.88 bits per heavy atom. The third-order valence-electron chi connectivity index (χ3n) is 5.56. The van der Waals surface area contributed by atoms with Gasteiger partial charge in [-0.15, -0.1) is 11.3 Å². The number of fused-ring (bicyclic) bond motifs is 1. The van der Waals surface area contributed by atoms with Crippen LogP contribution < -0.4 is 10.1 Å². The Hall–Kier alpha value is -3.45. The number of hydrogen-bond acceptors (Lipinski definition) is 5. The average molecular weight is 449 g/mol. The molecule has 1 aliphatic heterocycles. The van der Waals surface area contributed by atoms with E-state index in [1.165, 1.54) is 17.4 Å². The molecule has 1 aliphatic rings. The van der Waals surface area contributed by atoms with Gasteiger partial charge in [-0.2, -0.15) is 0 Å². The van der Waals surface area contributed by atoms with Crippen LogP contribution in [0.1, 0.15) is 43.6 Å². The molecule has 6 nitrogen and oxygen atoms in total. The van der Waals surface area contributed by atoms with Gasteiger partial charge in [0.05, 0.1) is 0 Å². The molecule has 0 aliphatic carbocycles. The minimum Gasteiger partial charge on any atom is -0.484 e. The van der Waals surface area contributed by atoms with Gasteiger partial charge in [0.25, 0.3) is 11.8 Å². The van der Waals surface area contributed by atoms with Gasteiger partial charge in [0.1, 0.15) is 5.75 Å². The molecule has 0 saturated heterocycles. The number of amides is 2. The van der Waals surface area contributed by atoms with Gasteiger partial charge in [0.15, 0.2) is 12.4 Å². The zero-order chi connectivity index (χ0) is 22.7. The molecule has 2 heterocycles. The molecular formula is C25H24N2O4S. The second kappa shape index (κ2) is 9.36. The summed E-state index contributed by atoms with van der Waals surface area (Å²) in [5, 5.41) is 4.90. The van der Waals surface area contributed by atoms with Gasteiger partial charge in [-0.05, 0) is 79.2 Å². The summed E-state index contributed by atoms with van der Waals surface area (Å²) in [7, 11) is 0. The first-order valence-electron chi connectivity index (χ1n) is 10.4. The van der Waals surface area contributed by atoms with E-state index in [0.717, 1.165) is 12.0 Å². The molecule has 3 aromatic rings. The van der Waals surface area contributed by atoms with Crippen molar-refractivity contribution in [2.75, 3.05) is 18.5 Å². The smallest absolute Gasteiger partial charge is 0.262 e. The Balaban J connectivity index is 1.39. The molecular weight excluding hydrogens is 424 g/mol. The molecule has 164 valence electrons. The van der Waals surface area contributed by atoms with Crippen LogP contribution in [-0.2, 0) is 17.8 Å². The Morgan fingerprint density at radius 1 is 1.09 bits per heavy atom. The zero-order valence-corrected chi connectivity index (χ0v) is 18.8. The molecule has 32 heavy (non-hydrogen) atoms. The quantitative estimate of drug-likeness (QED) is 0.565. The van der Waals surface area contributed by atoms with Crippen LogP contribution >= 0.6 is 11.3 Å². The molecule has 0 radical (unpaired) electrons. The number of ketones is 1. The fourth-order valence-corrected chi connectivity index (χ4v) is 4.61. The predicted molar refractivity (Wildman–Crippen MR) is 125 cm³/mol. The average Bonchev–Trinajstić information content (AvgIpc) is 3.27. The normalized spacial score (nSPS) is 12.8. The summed E-state index contributed by atoms with van der Waals surface area (Å²) in [6.45, 7) is 4.46. The Labute approximate surface area is 190 Å². The second-order valence-electron chi connectivity index (χ2n) is 7.74. The molecule has 0 fully saturated rings. The first-order chi connectivity index (χ1) is 15.4. The van der Waals surface area contributed by atoms with Gasteiger partial charge in [0, 0.05) is 34.8 Å². The maximum absolute atomic E-state index is 13.1. The molecule has 0 unspecified atom stereocenters. The van der Waals surface area contributed by atoms with Gasteiger partial charge in [0.2, 0.25) is 0 Å². The number of Topliss-reactive ketones (excluding diaryl/α,β-unsaturated/α-hetero) is 1. The number of hydrogen-bond donors (Lipinski definition) is 1. The lowest BCUT2D eigenvalue weighted by Gasteiger charge is -2.28. The molecule has 4 rings (SSSR count). The Morgan fingerprint density at radius 3 is 2.62 bits per heavy atom. The summed E-state index contributed by atoms with van der Waals surface area (Å²) < 4.78 is 5.52. The van der Waals surface area contributed by atoms with Gasteiger partial charge >= 0.3 is 0 Å². The van der Waals surface area contributed by atoms with Crippen molar-refractivity contribution in [3.8, 4) is 5.75 Å². The molecule has 0 spiro atoms. The summed E-state index contributed by atoms with van der Waals surface area (Å²) in [5.41, 5.74) is 3.70. The number of nitrogens with zero attached hydrogens (tertiary/aromatic N) is 1. The number of benzene rings is 2. The fraction of sp³-hybridized carbons (Fsp3) is 0.240. The van der Waals surface area contributed by atoms with Gasteiger partial charge in [-0.1, -0.05) is 6.07 Å². The maximum Gasteiger partial charge on any atom is 0.262 e. The number of carbonyl (C=O) groups is 3.